The van der Waals surface area contributed by atoms with Crippen LogP contribution in [0.2, 0.25) is 0 Å². The zero-order valence-electron chi connectivity index (χ0n) is 10.0. The number of carbonyl (C=O) groups is 1. The molecular weight excluding hydrogens is 268 g/mol. The Bertz CT molecular complexity index is 658. The van der Waals surface area contributed by atoms with Crippen LogP contribution in [-0.2, 0) is 12.8 Å². The molecule has 19 heavy (non-hydrogen) atoms. The van der Waals surface area contributed by atoms with Crippen molar-refractivity contribution in [1.29, 1.82) is 0 Å². The molecule has 0 amide bonds. The molecule has 0 fully saturated rings. The molecule has 1 aromatic heterocycles. The summed E-state index contributed by atoms with van der Waals surface area (Å²) in [6, 6.07) is 3.40. The van der Waals surface area contributed by atoms with E-state index in [2.05, 4.69) is 0 Å². The highest BCUT2D eigenvalue weighted by Gasteiger charge is 2.28. The second kappa shape index (κ2) is 4.42. The number of hydrogen-bond acceptors (Lipinski definition) is 3. The standard InChI is InChI=1S/C14H11F2NOS/c15-8-4-2-5-9(16)12(8)13(18)11-7-3-1-6-10(7)19-14(11)17/h2,4-5H,1,3,6,17H2. The van der Waals surface area contributed by atoms with Gasteiger partial charge in [-0.2, -0.15) is 0 Å². The predicted octanol–water partition coefficient (Wildman–Crippen LogP) is 3.33. The van der Waals surface area contributed by atoms with Crippen LogP contribution < -0.4 is 5.73 Å². The van der Waals surface area contributed by atoms with Crippen LogP contribution in [0.5, 0.6) is 0 Å². The average molecular weight is 279 g/mol. The molecule has 0 saturated carbocycles. The molecule has 0 radical (unpaired) electrons. The molecule has 0 saturated heterocycles. The van der Waals surface area contributed by atoms with Crippen LogP contribution in [0.15, 0.2) is 18.2 Å². The maximum absolute atomic E-state index is 13.7. The normalized spacial score (nSPS) is 13.6. The molecule has 0 aliphatic heterocycles. The van der Waals surface area contributed by atoms with Gasteiger partial charge in [-0.25, -0.2) is 8.78 Å². The minimum Gasteiger partial charge on any atom is -0.390 e. The molecule has 0 unspecified atom stereocenters. The van der Waals surface area contributed by atoms with E-state index in [-0.39, 0.29) is 0 Å². The molecule has 0 atom stereocenters. The lowest BCUT2D eigenvalue weighted by atomic mass is 9.99. The van der Waals surface area contributed by atoms with E-state index in [1.165, 1.54) is 17.4 Å². The van der Waals surface area contributed by atoms with Gasteiger partial charge in [-0.3, -0.25) is 4.79 Å². The Hall–Kier alpha value is -1.75. The van der Waals surface area contributed by atoms with Crippen molar-refractivity contribution in [2.45, 2.75) is 19.3 Å². The van der Waals surface area contributed by atoms with Crippen molar-refractivity contribution < 1.29 is 13.6 Å². The van der Waals surface area contributed by atoms with Crippen LogP contribution in [0.3, 0.4) is 0 Å². The van der Waals surface area contributed by atoms with Crippen molar-refractivity contribution in [3.05, 3.63) is 51.4 Å². The Morgan fingerprint density at radius 3 is 2.53 bits per heavy atom. The number of rotatable bonds is 2. The van der Waals surface area contributed by atoms with Crippen LogP contribution in [-0.4, -0.2) is 5.78 Å². The first-order valence-corrected chi connectivity index (χ1v) is 6.80. The first-order valence-electron chi connectivity index (χ1n) is 5.98. The number of thiophene rings is 1. The number of fused-ring (bicyclic) bond motifs is 1. The van der Waals surface area contributed by atoms with Crippen LogP contribution in [0.25, 0.3) is 0 Å². The number of nitrogens with two attached hydrogens (primary N) is 1. The second-order valence-corrected chi connectivity index (χ2v) is 5.66. The van der Waals surface area contributed by atoms with Crippen LogP contribution in [0.4, 0.5) is 13.8 Å². The zero-order valence-corrected chi connectivity index (χ0v) is 10.8. The van der Waals surface area contributed by atoms with Gasteiger partial charge in [0.15, 0.2) is 0 Å². The van der Waals surface area contributed by atoms with Gasteiger partial charge in [0.25, 0.3) is 0 Å². The van der Waals surface area contributed by atoms with E-state index >= 15 is 0 Å². The summed E-state index contributed by atoms with van der Waals surface area (Å²) in [4.78, 5) is 13.4. The summed E-state index contributed by atoms with van der Waals surface area (Å²) in [5.41, 5.74) is 6.49. The van der Waals surface area contributed by atoms with E-state index in [0.29, 0.717) is 10.6 Å². The first-order chi connectivity index (χ1) is 9.09. The van der Waals surface area contributed by atoms with Gasteiger partial charge >= 0.3 is 0 Å². The van der Waals surface area contributed by atoms with E-state index in [0.717, 1.165) is 41.8 Å². The molecule has 1 heterocycles. The molecule has 2 nitrogen and oxygen atoms in total. The van der Waals surface area contributed by atoms with Gasteiger partial charge in [-0.1, -0.05) is 6.07 Å². The fourth-order valence-electron chi connectivity index (χ4n) is 2.51. The minimum absolute atomic E-state index is 0.293. The van der Waals surface area contributed by atoms with E-state index in [1.54, 1.807) is 0 Å². The Morgan fingerprint density at radius 1 is 1.16 bits per heavy atom. The molecule has 2 aromatic rings. The minimum atomic E-state index is -0.845. The van der Waals surface area contributed by atoms with Gasteiger partial charge in [0.05, 0.1) is 16.1 Å². The van der Waals surface area contributed by atoms with Crippen molar-refractivity contribution in [1.82, 2.24) is 0 Å². The highest BCUT2D eigenvalue weighted by Crippen LogP contribution is 2.38. The number of aryl methyl sites for hydroxylation is 1. The van der Waals surface area contributed by atoms with E-state index in [1.807, 2.05) is 0 Å². The molecule has 1 aliphatic carbocycles. The monoisotopic (exact) mass is 279 g/mol. The summed E-state index contributed by atoms with van der Waals surface area (Å²) in [7, 11) is 0. The summed E-state index contributed by atoms with van der Waals surface area (Å²) in [5, 5.41) is 0.359. The largest absolute Gasteiger partial charge is 0.390 e. The SMILES string of the molecule is Nc1sc2c(c1C(=O)c1c(F)cccc1F)CCC2. The third kappa shape index (κ3) is 1.85. The van der Waals surface area contributed by atoms with E-state index in [4.69, 9.17) is 5.73 Å². The second-order valence-electron chi connectivity index (χ2n) is 4.52. The number of halogens is 2. The maximum atomic E-state index is 13.7. The number of benzene rings is 1. The van der Waals surface area contributed by atoms with Crippen LogP contribution in [0.1, 0.15) is 32.8 Å². The van der Waals surface area contributed by atoms with Crippen molar-refractivity contribution in [3.8, 4) is 0 Å². The molecule has 0 bridgehead atoms. The fourth-order valence-corrected chi connectivity index (χ4v) is 3.67. The molecule has 1 aliphatic rings. The first kappa shape index (κ1) is 12.3. The Kier molecular flexibility index (Phi) is 2.86. The fraction of sp³-hybridized carbons (Fsp3) is 0.214. The summed E-state index contributed by atoms with van der Waals surface area (Å²) >= 11 is 1.35. The number of hydrogen-bond donors (Lipinski definition) is 1. The van der Waals surface area contributed by atoms with Gasteiger partial charge < -0.3 is 5.73 Å². The molecule has 2 N–H and O–H groups in total. The number of carbonyl (C=O) groups excluding carboxylic acids is 1. The highest BCUT2D eigenvalue weighted by atomic mass is 32.1. The summed E-state index contributed by atoms with van der Waals surface area (Å²) in [6.07, 6.45) is 2.60. The highest BCUT2D eigenvalue weighted by molar-refractivity contribution is 7.16. The van der Waals surface area contributed by atoms with Crippen LogP contribution in [0, 0.1) is 11.6 Å². The molecule has 5 heteroatoms. The third-order valence-corrected chi connectivity index (χ3v) is 4.49. The van der Waals surface area contributed by atoms with E-state index in [9.17, 15) is 13.6 Å². The molecular formula is C14H11F2NOS. The van der Waals surface area contributed by atoms with Gasteiger partial charge in [-0.15, -0.1) is 11.3 Å². The van der Waals surface area contributed by atoms with Crippen molar-refractivity contribution in [3.63, 3.8) is 0 Å². The van der Waals surface area contributed by atoms with Crippen molar-refractivity contribution in [2.75, 3.05) is 5.73 Å². The molecule has 98 valence electrons. The average Bonchev–Trinajstić information content (AvgIpc) is 2.87. The number of anilines is 1. The molecule has 0 spiro atoms. The predicted molar refractivity (Wildman–Crippen MR) is 70.5 cm³/mol. The van der Waals surface area contributed by atoms with Gasteiger partial charge in [0.1, 0.15) is 11.6 Å². The number of ketones is 1. The quantitative estimate of drug-likeness (QED) is 0.857. The molecule has 3 rings (SSSR count). The summed E-state index contributed by atoms with van der Waals surface area (Å²) in [6.45, 7) is 0. The lowest BCUT2D eigenvalue weighted by molar-refractivity contribution is 0.103. The maximum Gasteiger partial charge on any atom is 0.202 e. The topological polar surface area (TPSA) is 43.1 Å². The lowest BCUT2D eigenvalue weighted by Crippen LogP contribution is -2.10. The van der Waals surface area contributed by atoms with E-state index < -0.39 is 23.0 Å². The third-order valence-electron chi connectivity index (χ3n) is 3.37. The Labute approximate surface area is 112 Å². The van der Waals surface area contributed by atoms with Gasteiger partial charge in [0, 0.05) is 4.88 Å². The van der Waals surface area contributed by atoms with Crippen molar-refractivity contribution >= 4 is 22.1 Å². The van der Waals surface area contributed by atoms with Gasteiger partial charge in [0.2, 0.25) is 5.78 Å². The smallest absolute Gasteiger partial charge is 0.202 e. The number of nitrogen functional groups attached to an aromatic ring is 1. The Balaban J connectivity index is 2.15. The zero-order chi connectivity index (χ0) is 13.6. The summed E-state index contributed by atoms with van der Waals surface area (Å²) in [5.74, 6) is -2.34. The van der Waals surface area contributed by atoms with Crippen molar-refractivity contribution in [2.24, 2.45) is 0 Å². The summed E-state index contributed by atoms with van der Waals surface area (Å²) < 4.78 is 27.4. The molecule has 1 aromatic carbocycles. The van der Waals surface area contributed by atoms with Gasteiger partial charge in [-0.05, 0) is 37.0 Å². The lowest BCUT2D eigenvalue weighted by Gasteiger charge is -2.05. The Morgan fingerprint density at radius 2 is 1.84 bits per heavy atom. The van der Waals surface area contributed by atoms with Crippen LogP contribution >= 0.6 is 11.3 Å².